The van der Waals surface area contributed by atoms with Gasteiger partial charge in [0, 0.05) is 6.54 Å². The van der Waals surface area contributed by atoms with Crippen molar-refractivity contribution in [3.8, 4) is 5.75 Å². The van der Waals surface area contributed by atoms with Gasteiger partial charge in [0.2, 0.25) is 11.3 Å². The lowest BCUT2D eigenvalue weighted by Gasteiger charge is -2.31. The first kappa shape index (κ1) is 16.4. The molecule has 1 saturated carbocycles. The summed E-state index contributed by atoms with van der Waals surface area (Å²) in [4.78, 5) is 0. The van der Waals surface area contributed by atoms with Crippen LogP contribution in [0.3, 0.4) is 0 Å². The van der Waals surface area contributed by atoms with Crippen LogP contribution in [0.1, 0.15) is 32.1 Å². The fraction of sp³-hybridized carbons (Fsp3) is 0.600. The van der Waals surface area contributed by atoms with Crippen molar-refractivity contribution in [3.05, 3.63) is 30.1 Å². The van der Waals surface area contributed by atoms with Gasteiger partial charge < -0.3 is 4.74 Å². The Hall–Kier alpha value is -0.980. The predicted octanol–water partition coefficient (Wildman–Crippen LogP) is 3.13. The molecule has 21 heavy (non-hydrogen) atoms. The van der Waals surface area contributed by atoms with Gasteiger partial charge in [-0.15, -0.1) is 0 Å². The van der Waals surface area contributed by atoms with E-state index in [-0.39, 0.29) is 5.82 Å². The summed E-state index contributed by atoms with van der Waals surface area (Å²) in [5.74, 6) is 1.39. The predicted molar refractivity (Wildman–Crippen MR) is 80.7 cm³/mol. The van der Waals surface area contributed by atoms with E-state index in [9.17, 15) is 8.60 Å². The van der Waals surface area contributed by atoms with Gasteiger partial charge in [-0.25, -0.2) is 13.3 Å². The Bertz CT molecular complexity index is 455. The number of hydrogen-bond donors (Lipinski definition) is 2. The standard InChI is InChI=1S/C15H22FNO3S/c16-14-5-7-15(8-6-14)20-11-13-4-2-1-3-12(13)9-10-17-21(18)19/h5-8,12-13,17H,1-4,9-11H2,(H,18,19). The van der Waals surface area contributed by atoms with Gasteiger partial charge in [-0.3, -0.25) is 4.55 Å². The summed E-state index contributed by atoms with van der Waals surface area (Å²) in [6, 6.07) is 6.08. The van der Waals surface area contributed by atoms with Crippen LogP contribution in [0.15, 0.2) is 24.3 Å². The van der Waals surface area contributed by atoms with Crippen molar-refractivity contribution in [1.82, 2.24) is 4.72 Å². The fourth-order valence-corrected chi connectivity index (χ4v) is 3.24. The van der Waals surface area contributed by atoms with E-state index in [1.165, 1.54) is 25.0 Å². The third-order valence-electron chi connectivity index (χ3n) is 4.08. The normalized spacial score (nSPS) is 23.7. The van der Waals surface area contributed by atoms with Gasteiger partial charge in [0.1, 0.15) is 11.6 Å². The second kappa shape index (κ2) is 8.46. The van der Waals surface area contributed by atoms with Crippen LogP contribution in [0.4, 0.5) is 4.39 Å². The van der Waals surface area contributed by atoms with E-state index in [1.807, 2.05) is 0 Å². The number of nitrogens with one attached hydrogen (secondary N) is 1. The lowest BCUT2D eigenvalue weighted by Crippen LogP contribution is -2.29. The van der Waals surface area contributed by atoms with Crippen LogP contribution in [0.5, 0.6) is 5.75 Å². The van der Waals surface area contributed by atoms with Crippen LogP contribution in [0, 0.1) is 17.7 Å². The zero-order chi connectivity index (χ0) is 15.1. The van der Waals surface area contributed by atoms with Crippen LogP contribution < -0.4 is 9.46 Å². The largest absolute Gasteiger partial charge is 0.493 e. The molecule has 0 saturated heterocycles. The highest BCUT2D eigenvalue weighted by Gasteiger charge is 2.25. The summed E-state index contributed by atoms with van der Waals surface area (Å²) in [6.07, 6.45) is 5.54. The van der Waals surface area contributed by atoms with E-state index in [2.05, 4.69) is 4.72 Å². The Morgan fingerprint density at radius 1 is 1.24 bits per heavy atom. The molecule has 2 N–H and O–H groups in total. The van der Waals surface area contributed by atoms with Gasteiger partial charge in [0.25, 0.3) is 0 Å². The van der Waals surface area contributed by atoms with Crippen LogP contribution in [-0.2, 0) is 11.3 Å². The molecule has 0 amide bonds. The van der Waals surface area contributed by atoms with Crippen LogP contribution in [0.2, 0.25) is 0 Å². The minimum absolute atomic E-state index is 0.263. The molecule has 0 aliphatic heterocycles. The van der Waals surface area contributed by atoms with Crippen LogP contribution in [-0.4, -0.2) is 21.9 Å². The van der Waals surface area contributed by atoms with Gasteiger partial charge in [0.15, 0.2) is 0 Å². The van der Waals surface area contributed by atoms with Gasteiger partial charge in [-0.2, -0.15) is 0 Å². The summed E-state index contributed by atoms with van der Waals surface area (Å²) in [5.41, 5.74) is 0. The molecule has 1 fully saturated rings. The first-order valence-electron chi connectivity index (χ1n) is 7.38. The van der Waals surface area contributed by atoms with Crippen LogP contribution >= 0.6 is 0 Å². The summed E-state index contributed by atoms with van der Waals surface area (Å²) in [6.45, 7) is 1.17. The molecular weight excluding hydrogens is 293 g/mol. The fourth-order valence-electron chi connectivity index (χ4n) is 2.95. The topological polar surface area (TPSA) is 58.6 Å². The summed E-state index contributed by atoms with van der Waals surface area (Å²) in [5, 5.41) is 0. The lowest BCUT2D eigenvalue weighted by atomic mass is 9.78. The molecule has 3 unspecified atom stereocenters. The number of ether oxygens (including phenoxy) is 1. The maximum Gasteiger partial charge on any atom is 0.231 e. The van der Waals surface area contributed by atoms with Crippen LogP contribution in [0.25, 0.3) is 0 Å². The first-order chi connectivity index (χ1) is 10.1. The molecule has 6 heteroatoms. The van der Waals surface area contributed by atoms with Crippen molar-refractivity contribution in [2.75, 3.05) is 13.2 Å². The number of benzene rings is 1. The lowest BCUT2D eigenvalue weighted by molar-refractivity contribution is 0.143. The molecular formula is C15H22FNO3S. The van der Waals surface area contributed by atoms with Crippen molar-refractivity contribution in [3.63, 3.8) is 0 Å². The van der Waals surface area contributed by atoms with Crippen molar-refractivity contribution < 1.29 is 17.9 Å². The molecule has 0 radical (unpaired) electrons. The highest BCUT2D eigenvalue weighted by atomic mass is 32.2. The number of hydrogen-bond acceptors (Lipinski definition) is 2. The zero-order valence-corrected chi connectivity index (χ0v) is 12.8. The molecule has 0 spiro atoms. The number of halogens is 1. The van der Waals surface area contributed by atoms with Crippen molar-refractivity contribution >= 4 is 11.3 Å². The van der Waals surface area contributed by atoms with E-state index in [4.69, 9.17) is 9.29 Å². The molecule has 0 heterocycles. The van der Waals surface area contributed by atoms with E-state index in [0.717, 1.165) is 19.3 Å². The smallest absolute Gasteiger partial charge is 0.231 e. The SMILES string of the molecule is O=S(O)NCCC1CCCCC1COc1ccc(F)cc1. The monoisotopic (exact) mass is 315 g/mol. The maximum absolute atomic E-state index is 12.8. The van der Waals surface area contributed by atoms with Gasteiger partial charge >= 0.3 is 0 Å². The van der Waals surface area contributed by atoms with Crippen molar-refractivity contribution in [2.45, 2.75) is 32.1 Å². The molecule has 1 aromatic carbocycles. The average Bonchev–Trinajstić information content (AvgIpc) is 2.47. The molecule has 1 aromatic rings. The highest BCUT2D eigenvalue weighted by molar-refractivity contribution is 7.77. The second-order valence-corrected chi connectivity index (χ2v) is 6.29. The Labute approximate surface area is 127 Å². The molecule has 1 aliphatic carbocycles. The molecule has 2 rings (SSSR count). The van der Waals surface area contributed by atoms with Gasteiger partial charge in [-0.1, -0.05) is 19.3 Å². The zero-order valence-electron chi connectivity index (χ0n) is 12.0. The van der Waals surface area contributed by atoms with E-state index in [0.29, 0.717) is 30.7 Å². The third-order valence-corrected chi connectivity index (χ3v) is 4.54. The quantitative estimate of drug-likeness (QED) is 0.760. The molecule has 0 bridgehead atoms. The Kier molecular flexibility index (Phi) is 6.60. The second-order valence-electron chi connectivity index (χ2n) is 5.50. The third kappa shape index (κ3) is 5.73. The first-order valence-corrected chi connectivity index (χ1v) is 8.48. The minimum Gasteiger partial charge on any atom is -0.493 e. The van der Waals surface area contributed by atoms with Crippen molar-refractivity contribution in [2.24, 2.45) is 11.8 Å². The molecule has 1 aliphatic rings. The Morgan fingerprint density at radius 2 is 1.90 bits per heavy atom. The molecule has 0 aromatic heterocycles. The summed E-state index contributed by atoms with van der Waals surface area (Å²) >= 11 is -1.93. The highest BCUT2D eigenvalue weighted by Crippen LogP contribution is 2.32. The number of rotatable bonds is 7. The Balaban J connectivity index is 1.80. The molecule has 118 valence electrons. The van der Waals surface area contributed by atoms with E-state index >= 15 is 0 Å². The van der Waals surface area contributed by atoms with Gasteiger partial charge in [0.05, 0.1) is 6.61 Å². The van der Waals surface area contributed by atoms with E-state index in [1.54, 1.807) is 12.1 Å². The Morgan fingerprint density at radius 3 is 2.57 bits per heavy atom. The van der Waals surface area contributed by atoms with E-state index < -0.39 is 11.3 Å². The molecule has 3 atom stereocenters. The average molecular weight is 315 g/mol. The van der Waals surface area contributed by atoms with Crippen molar-refractivity contribution in [1.29, 1.82) is 0 Å². The molecule has 4 nitrogen and oxygen atoms in total. The van der Waals surface area contributed by atoms with Gasteiger partial charge in [-0.05, 0) is 48.9 Å². The maximum atomic E-state index is 12.8. The summed E-state index contributed by atoms with van der Waals surface area (Å²) in [7, 11) is 0. The summed E-state index contributed by atoms with van der Waals surface area (Å²) < 4.78 is 40.5. The minimum atomic E-state index is -1.93.